The van der Waals surface area contributed by atoms with Crippen LogP contribution in [0.3, 0.4) is 0 Å². The Morgan fingerprint density at radius 3 is 2.36 bits per heavy atom. The third kappa shape index (κ3) is 3.58. The Morgan fingerprint density at radius 1 is 1.29 bits per heavy atom. The molecule has 84 valence electrons. The summed E-state index contributed by atoms with van der Waals surface area (Å²) in [5.41, 5.74) is 0. The number of ether oxygens (including phenoxy) is 1. The number of piperidine rings is 1. The Balaban J connectivity index is 0.000000293. The fourth-order valence-corrected chi connectivity index (χ4v) is 1.99. The van der Waals surface area contributed by atoms with Crippen LogP contribution in [0.1, 0.15) is 40.0 Å². The molecule has 2 fully saturated rings. The summed E-state index contributed by atoms with van der Waals surface area (Å²) in [6.07, 6.45) is 4.06. The van der Waals surface area contributed by atoms with Gasteiger partial charge in [0.2, 0.25) is 0 Å². The number of likely N-dealkylation sites (tertiary alicyclic amines) is 1. The van der Waals surface area contributed by atoms with E-state index in [1.807, 2.05) is 0 Å². The van der Waals surface area contributed by atoms with Crippen molar-refractivity contribution in [1.29, 1.82) is 0 Å². The SMILES string of the molecule is CC1CCCN(C2COC2)C1.CCC. The highest BCUT2D eigenvalue weighted by Crippen LogP contribution is 2.20. The van der Waals surface area contributed by atoms with Crippen molar-refractivity contribution in [2.45, 2.75) is 46.1 Å². The van der Waals surface area contributed by atoms with Gasteiger partial charge in [0.15, 0.2) is 0 Å². The predicted octanol–water partition coefficient (Wildman–Crippen LogP) is 2.53. The van der Waals surface area contributed by atoms with E-state index in [-0.39, 0.29) is 0 Å². The molecular formula is C12H25NO. The molecule has 2 nitrogen and oxygen atoms in total. The van der Waals surface area contributed by atoms with Crippen LogP contribution < -0.4 is 0 Å². The molecule has 0 amide bonds. The average Bonchev–Trinajstić information content (AvgIpc) is 2.02. The van der Waals surface area contributed by atoms with Gasteiger partial charge in [0.1, 0.15) is 0 Å². The lowest BCUT2D eigenvalue weighted by Crippen LogP contribution is -2.52. The third-order valence-electron chi connectivity index (χ3n) is 2.83. The fraction of sp³-hybridized carbons (Fsp3) is 1.00. The summed E-state index contributed by atoms with van der Waals surface area (Å²) in [7, 11) is 0. The monoisotopic (exact) mass is 199 g/mol. The maximum Gasteiger partial charge on any atom is 0.0645 e. The van der Waals surface area contributed by atoms with E-state index in [9.17, 15) is 0 Å². The molecule has 1 atom stereocenters. The lowest BCUT2D eigenvalue weighted by molar-refractivity contribution is -0.0752. The van der Waals surface area contributed by atoms with Gasteiger partial charge in [-0.1, -0.05) is 27.2 Å². The quantitative estimate of drug-likeness (QED) is 0.643. The first-order chi connectivity index (χ1) is 6.77. The molecule has 0 N–H and O–H groups in total. The maximum atomic E-state index is 5.18. The molecular weight excluding hydrogens is 174 g/mol. The molecule has 0 spiro atoms. The zero-order valence-corrected chi connectivity index (χ0v) is 9.96. The Hall–Kier alpha value is -0.0800. The van der Waals surface area contributed by atoms with E-state index < -0.39 is 0 Å². The van der Waals surface area contributed by atoms with Crippen LogP contribution in [0.4, 0.5) is 0 Å². The predicted molar refractivity (Wildman–Crippen MR) is 60.5 cm³/mol. The third-order valence-corrected chi connectivity index (χ3v) is 2.83. The summed E-state index contributed by atoms with van der Waals surface area (Å²) >= 11 is 0. The smallest absolute Gasteiger partial charge is 0.0645 e. The van der Waals surface area contributed by atoms with Crippen LogP contribution in [-0.2, 0) is 4.74 Å². The molecule has 1 unspecified atom stereocenters. The van der Waals surface area contributed by atoms with Gasteiger partial charge < -0.3 is 4.74 Å². The Morgan fingerprint density at radius 2 is 1.93 bits per heavy atom. The molecule has 2 aliphatic heterocycles. The van der Waals surface area contributed by atoms with Crippen molar-refractivity contribution in [3.8, 4) is 0 Å². The van der Waals surface area contributed by atoms with Crippen molar-refractivity contribution >= 4 is 0 Å². The Bertz CT molecular complexity index is 145. The molecule has 2 rings (SSSR count). The van der Waals surface area contributed by atoms with Gasteiger partial charge in [-0.15, -0.1) is 0 Å². The molecule has 14 heavy (non-hydrogen) atoms. The second-order valence-electron chi connectivity index (χ2n) is 4.64. The summed E-state index contributed by atoms with van der Waals surface area (Å²) in [5.74, 6) is 0.907. The van der Waals surface area contributed by atoms with Gasteiger partial charge >= 0.3 is 0 Å². The number of nitrogens with zero attached hydrogens (tertiary/aromatic N) is 1. The van der Waals surface area contributed by atoms with Crippen LogP contribution in [0.5, 0.6) is 0 Å². The number of hydrogen-bond acceptors (Lipinski definition) is 2. The molecule has 2 saturated heterocycles. The van der Waals surface area contributed by atoms with Gasteiger partial charge in [-0.05, 0) is 25.3 Å². The van der Waals surface area contributed by atoms with Gasteiger partial charge in [-0.2, -0.15) is 0 Å². The molecule has 2 heterocycles. The minimum Gasteiger partial charge on any atom is -0.378 e. The molecule has 2 heteroatoms. The fourth-order valence-electron chi connectivity index (χ4n) is 1.99. The average molecular weight is 199 g/mol. The Labute approximate surface area is 88.6 Å². The van der Waals surface area contributed by atoms with Crippen molar-refractivity contribution in [3.05, 3.63) is 0 Å². The van der Waals surface area contributed by atoms with Crippen molar-refractivity contribution < 1.29 is 4.74 Å². The van der Waals surface area contributed by atoms with Crippen LogP contribution in [0.2, 0.25) is 0 Å². The lowest BCUT2D eigenvalue weighted by atomic mass is 9.98. The van der Waals surface area contributed by atoms with Crippen LogP contribution in [0.25, 0.3) is 0 Å². The van der Waals surface area contributed by atoms with Crippen molar-refractivity contribution in [2.24, 2.45) is 5.92 Å². The zero-order chi connectivity index (χ0) is 10.4. The first-order valence-corrected chi connectivity index (χ1v) is 6.09. The molecule has 0 aromatic carbocycles. The molecule has 2 aliphatic rings. The van der Waals surface area contributed by atoms with Crippen molar-refractivity contribution in [3.63, 3.8) is 0 Å². The highest BCUT2D eigenvalue weighted by atomic mass is 16.5. The van der Waals surface area contributed by atoms with E-state index >= 15 is 0 Å². The van der Waals surface area contributed by atoms with Crippen molar-refractivity contribution in [2.75, 3.05) is 26.3 Å². The van der Waals surface area contributed by atoms with Gasteiger partial charge in [0.05, 0.1) is 19.3 Å². The van der Waals surface area contributed by atoms with E-state index in [4.69, 9.17) is 4.74 Å². The van der Waals surface area contributed by atoms with E-state index in [0.717, 1.165) is 25.2 Å². The minimum atomic E-state index is 0.762. The molecule has 0 aliphatic carbocycles. The van der Waals surface area contributed by atoms with Crippen LogP contribution in [-0.4, -0.2) is 37.2 Å². The summed E-state index contributed by atoms with van der Waals surface area (Å²) in [5, 5.41) is 0. The Kier molecular flexibility index (Phi) is 5.49. The zero-order valence-electron chi connectivity index (χ0n) is 9.96. The lowest BCUT2D eigenvalue weighted by Gasteiger charge is -2.41. The minimum absolute atomic E-state index is 0.762. The van der Waals surface area contributed by atoms with Gasteiger partial charge in [-0.25, -0.2) is 0 Å². The summed E-state index contributed by atoms with van der Waals surface area (Å²) < 4.78 is 5.18. The molecule has 0 radical (unpaired) electrons. The van der Waals surface area contributed by atoms with Gasteiger partial charge in [0.25, 0.3) is 0 Å². The summed E-state index contributed by atoms with van der Waals surface area (Å²) in [4.78, 5) is 2.59. The second kappa shape index (κ2) is 6.41. The first kappa shape index (κ1) is 12.0. The topological polar surface area (TPSA) is 12.5 Å². The van der Waals surface area contributed by atoms with E-state index in [0.29, 0.717) is 0 Å². The number of hydrogen-bond donors (Lipinski definition) is 0. The number of rotatable bonds is 1. The van der Waals surface area contributed by atoms with Crippen molar-refractivity contribution in [1.82, 2.24) is 4.90 Å². The van der Waals surface area contributed by atoms with Crippen LogP contribution >= 0.6 is 0 Å². The highest BCUT2D eigenvalue weighted by molar-refractivity contribution is 4.81. The van der Waals surface area contributed by atoms with Crippen LogP contribution in [0, 0.1) is 5.92 Å². The maximum absolute atomic E-state index is 5.18. The van der Waals surface area contributed by atoms with Gasteiger partial charge in [0, 0.05) is 6.54 Å². The molecule has 0 bridgehead atoms. The first-order valence-electron chi connectivity index (χ1n) is 6.09. The normalized spacial score (nSPS) is 28.9. The van der Waals surface area contributed by atoms with E-state index in [2.05, 4.69) is 25.7 Å². The summed E-state index contributed by atoms with van der Waals surface area (Å²) in [6, 6.07) is 0.762. The molecule has 0 aromatic rings. The second-order valence-corrected chi connectivity index (χ2v) is 4.64. The standard InChI is InChI=1S/C9H17NO.C3H8/c1-8-3-2-4-10(5-8)9-6-11-7-9;1-3-2/h8-9H,2-7H2,1H3;3H2,1-2H3. The molecule has 0 aromatic heterocycles. The van der Waals surface area contributed by atoms with E-state index in [1.54, 1.807) is 0 Å². The van der Waals surface area contributed by atoms with Crippen LogP contribution in [0.15, 0.2) is 0 Å². The molecule has 0 saturated carbocycles. The van der Waals surface area contributed by atoms with E-state index in [1.165, 1.54) is 32.4 Å². The summed E-state index contributed by atoms with van der Waals surface area (Å²) in [6.45, 7) is 11.2. The highest BCUT2D eigenvalue weighted by Gasteiger charge is 2.28. The largest absolute Gasteiger partial charge is 0.378 e. The van der Waals surface area contributed by atoms with Gasteiger partial charge in [-0.3, -0.25) is 4.90 Å².